The Morgan fingerprint density at radius 1 is 0.784 bits per heavy atom. The molecule has 0 bridgehead atoms. The third kappa shape index (κ3) is 4.52. The first kappa shape index (κ1) is 23.5. The molecule has 0 N–H and O–H groups in total. The van der Waals surface area contributed by atoms with Gasteiger partial charge in [0.05, 0.1) is 18.7 Å². The van der Waals surface area contributed by atoms with E-state index in [1.165, 1.54) is 11.1 Å². The number of hydrogen-bond donors (Lipinski definition) is 0. The average molecular weight is 494 g/mol. The van der Waals surface area contributed by atoms with E-state index in [0.29, 0.717) is 17.9 Å². The molecule has 37 heavy (non-hydrogen) atoms. The lowest BCUT2D eigenvalue weighted by Gasteiger charge is -2.40. The molecule has 0 spiro atoms. The number of piperazine rings is 1. The van der Waals surface area contributed by atoms with Crippen LogP contribution in [0.3, 0.4) is 0 Å². The Labute approximate surface area is 216 Å². The van der Waals surface area contributed by atoms with E-state index in [9.17, 15) is 4.79 Å². The van der Waals surface area contributed by atoms with Crippen molar-refractivity contribution in [2.75, 3.05) is 39.8 Å². The average Bonchev–Trinajstić information content (AvgIpc) is 3.46. The van der Waals surface area contributed by atoms with Crippen LogP contribution < -0.4 is 10.3 Å². The Morgan fingerprint density at radius 2 is 1.46 bits per heavy atom. The highest BCUT2D eigenvalue weighted by atomic mass is 16.5. The summed E-state index contributed by atoms with van der Waals surface area (Å²) < 4.78 is 9.05. The van der Waals surface area contributed by atoms with Gasteiger partial charge in [0.2, 0.25) is 5.88 Å². The van der Waals surface area contributed by atoms with Crippen LogP contribution in [0.15, 0.2) is 95.9 Å². The molecule has 1 aliphatic heterocycles. The fourth-order valence-electron chi connectivity index (χ4n) is 5.51. The maximum atomic E-state index is 13.3. The number of nitrogens with zero attached hydrogens (tertiary/aromatic N) is 5. The molecule has 4 heterocycles. The van der Waals surface area contributed by atoms with Crippen molar-refractivity contribution in [3.05, 3.63) is 113 Å². The van der Waals surface area contributed by atoms with Gasteiger partial charge in [-0.1, -0.05) is 60.7 Å². The van der Waals surface area contributed by atoms with Gasteiger partial charge in [0.1, 0.15) is 5.52 Å². The molecule has 0 unspecified atom stereocenters. The van der Waals surface area contributed by atoms with Crippen molar-refractivity contribution in [1.82, 2.24) is 23.8 Å². The van der Waals surface area contributed by atoms with Gasteiger partial charge in [-0.2, -0.15) is 4.98 Å². The highest BCUT2D eigenvalue weighted by Gasteiger charge is 2.26. The summed E-state index contributed by atoms with van der Waals surface area (Å²) in [7, 11) is 1.61. The second-order valence-corrected chi connectivity index (χ2v) is 9.52. The van der Waals surface area contributed by atoms with Crippen LogP contribution in [0.25, 0.3) is 16.7 Å². The lowest BCUT2D eigenvalue weighted by atomic mass is 9.96. The van der Waals surface area contributed by atoms with Gasteiger partial charge in [0.25, 0.3) is 5.56 Å². The minimum absolute atomic E-state index is 0.0105. The van der Waals surface area contributed by atoms with Crippen LogP contribution in [0.1, 0.15) is 17.2 Å². The van der Waals surface area contributed by atoms with Crippen molar-refractivity contribution in [3.63, 3.8) is 0 Å². The molecule has 0 atom stereocenters. The minimum Gasteiger partial charge on any atom is -0.481 e. The Kier molecular flexibility index (Phi) is 6.47. The van der Waals surface area contributed by atoms with Crippen molar-refractivity contribution in [2.45, 2.75) is 12.6 Å². The number of methoxy groups -OCH3 is 1. The molecule has 0 saturated carbocycles. The van der Waals surface area contributed by atoms with E-state index < -0.39 is 0 Å². The van der Waals surface area contributed by atoms with Crippen molar-refractivity contribution in [1.29, 1.82) is 0 Å². The van der Waals surface area contributed by atoms with Crippen molar-refractivity contribution < 1.29 is 4.74 Å². The maximum Gasteiger partial charge on any atom is 0.275 e. The highest BCUT2D eigenvalue weighted by Crippen LogP contribution is 2.29. The van der Waals surface area contributed by atoms with Gasteiger partial charge in [0.15, 0.2) is 5.65 Å². The Balaban J connectivity index is 1.20. The molecular weight excluding hydrogens is 462 g/mol. The van der Waals surface area contributed by atoms with E-state index in [0.717, 1.165) is 43.9 Å². The molecule has 0 radical (unpaired) electrons. The number of hydrogen-bond acceptors (Lipinski definition) is 5. The van der Waals surface area contributed by atoms with Crippen molar-refractivity contribution in [2.24, 2.45) is 0 Å². The first-order chi connectivity index (χ1) is 18.2. The highest BCUT2D eigenvalue weighted by molar-refractivity contribution is 5.75. The Morgan fingerprint density at radius 3 is 2.11 bits per heavy atom. The normalized spacial score (nSPS) is 15.1. The molecule has 6 rings (SSSR count). The lowest BCUT2D eigenvalue weighted by Crippen LogP contribution is -2.48. The summed E-state index contributed by atoms with van der Waals surface area (Å²) in [5.74, 6) is 0.537. The molecule has 1 fully saturated rings. The van der Waals surface area contributed by atoms with Crippen LogP contribution in [0, 0.1) is 0 Å². The molecule has 1 saturated heterocycles. The molecule has 3 aromatic heterocycles. The largest absolute Gasteiger partial charge is 0.481 e. The fourth-order valence-corrected chi connectivity index (χ4v) is 5.51. The van der Waals surface area contributed by atoms with Gasteiger partial charge < -0.3 is 9.30 Å². The SMILES string of the molecule is COc1ccc2c(n1)n1cccc1c(=O)n2CCN1CCN(C(c2ccccc2)c2ccccc2)CC1. The second-order valence-electron chi connectivity index (χ2n) is 9.52. The number of fused-ring (bicyclic) bond motifs is 3. The Bertz CT molecular complexity index is 1510. The number of aromatic nitrogens is 3. The predicted octanol–water partition coefficient (Wildman–Crippen LogP) is 4.07. The van der Waals surface area contributed by atoms with Gasteiger partial charge in [-0.05, 0) is 29.3 Å². The molecule has 0 aliphatic carbocycles. The van der Waals surface area contributed by atoms with Crippen LogP contribution in [0.2, 0.25) is 0 Å². The number of benzene rings is 2. The van der Waals surface area contributed by atoms with Crippen LogP contribution in [0.5, 0.6) is 5.88 Å². The maximum absolute atomic E-state index is 13.3. The third-order valence-corrected chi connectivity index (χ3v) is 7.41. The molecule has 7 nitrogen and oxygen atoms in total. The summed E-state index contributed by atoms with van der Waals surface area (Å²) >= 11 is 0. The van der Waals surface area contributed by atoms with Gasteiger partial charge in [-0.25, -0.2) is 0 Å². The summed E-state index contributed by atoms with van der Waals surface area (Å²) in [6, 6.07) is 29.3. The van der Waals surface area contributed by atoms with Gasteiger partial charge in [-0.15, -0.1) is 0 Å². The van der Waals surface area contributed by atoms with Crippen LogP contribution in [-0.4, -0.2) is 63.6 Å². The van der Waals surface area contributed by atoms with Crippen LogP contribution in [-0.2, 0) is 6.54 Å². The van der Waals surface area contributed by atoms with Crippen LogP contribution in [0.4, 0.5) is 0 Å². The standard InChI is InChI=1S/C30H31N5O2/c1-37-27-15-14-25-29(31-27)34-16-8-13-26(34)30(36)35(25)22-19-32-17-20-33(21-18-32)28(23-9-4-2-5-10-23)24-11-6-3-7-12-24/h2-16,28H,17-22H2,1H3. The van der Waals surface area contributed by atoms with E-state index in [4.69, 9.17) is 4.74 Å². The van der Waals surface area contributed by atoms with Gasteiger partial charge >= 0.3 is 0 Å². The first-order valence-electron chi connectivity index (χ1n) is 12.8. The van der Waals surface area contributed by atoms with Crippen molar-refractivity contribution in [3.8, 4) is 5.88 Å². The molecule has 2 aromatic carbocycles. The number of ether oxygens (including phenoxy) is 1. The molecule has 1 aliphatic rings. The van der Waals surface area contributed by atoms with Crippen molar-refractivity contribution >= 4 is 16.7 Å². The summed E-state index contributed by atoms with van der Waals surface area (Å²) in [6.45, 7) is 5.30. The zero-order chi connectivity index (χ0) is 25.2. The number of pyridine rings is 1. The number of rotatable bonds is 7. The van der Waals surface area contributed by atoms with Crippen LogP contribution >= 0.6 is 0 Å². The summed E-state index contributed by atoms with van der Waals surface area (Å²) in [4.78, 5) is 23.0. The molecule has 0 amide bonds. The monoisotopic (exact) mass is 493 g/mol. The molecular formula is C30H31N5O2. The zero-order valence-electron chi connectivity index (χ0n) is 21.0. The van der Waals surface area contributed by atoms with E-state index in [1.807, 2.05) is 39.4 Å². The molecule has 188 valence electrons. The topological polar surface area (TPSA) is 55.0 Å². The predicted molar refractivity (Wildman–Crippen MR) is 146 cm³/mol. The fraction of sp³-hybridized carbons (Fsp3) is 0.267. The van der Waals surface area contributed by atoms with E-state index in [2.05, 4.69) is 75.4 Å². The summed E-state index contributed by atoms with van der Waals surface area (Å²) in [5, 5.41) is 0. The molecule has 5 aromatic rings. The van der Waals surface area contributed by atoms with Gasteiger partial charge in [-0.3, -0.25) is 19.0 Å². The zero-order valence-corrected chi connectivity index (χ0v) is 21.0. The van der Waals surface area contributed by atoms with E-state index in [-0.39, 0.29) is 11.6 Å². The smallest absolute Gasteiger partial charge is 0.275 e. The minimum atomic E-state index is 0.0105. The quantitative estimate of drug-likeness (QED) is 0.342. The Hall–Kier alpha value is -3.94. The molecule has 7 heteroatoms. The van der Waals surface area contributed by atoms with Gasteiger partial charge in [0, 0.05) is 51.5 Å². The second kappa shape index (κ2) is 10.2. The summed E-state index contributed by atoms with van der Waals surface area (Å²) in [6.07, 6.45) is 1.88. The third-order valence-electron chi connectivity index (χ3n) is 7.41. The van der Waals surface area contributed by atoms with E-state index in [1.54, 1.807) is 7.11 Å². The first-order valence-corrected chi connectivity index (χ1v) is 12.8. The van der Waals surface area contributed by atoms with E-state index >= 15 is 0 Å². The summed E-state index contributed by atoms with van der Waals surface area (Å²) in [5.41, 5.74) is 4.84. The lowest BCUT2D eigenvalue weighted by molar-refractivity contribution is 0.107.